The molecular weight excluding hydrogens is 250 g/mol. The van der Waals surface area contributed by atoms with Gasteiger partial charge >= 0.3 is 0 Å². The van der Waals surface area contributed by atoms with Gasteiger partial charge in [0.25, 0.3) is 0 Å². The van der Waals surface area contributed by atoms with E-state index in [2.05, 4.69) is 39.7 Å². The molecule has 0 N–H and O–H groups in total. The van der Waals surface area contributed by atoms with Gasteiger partial charge < -0.3 is 14.4 Å². The summed E-state index contributed by atoms with van der Waals surface area (Å²) >= 11 is 0. The van der Waals surface area contributed by atoms with Gasteiger partial charge in [-0.25, -0.2) is 9.98 Å². The van der Waals surface area contributed by atoms with Gasteiger partial charge in [-0.2, -0.15) is 0 Å². The summed E-state index contributed by atoms with van der Waals surface area (Å²) in [5.41, 5.74) is 3.42. The first-order valence-corrected chi connectivity index (χ1v) is 6.71. The first-order chi connectivity index (χ1) is 9.40. The Bertz CT molecular complexity index is 627. The predicted octanol–water partition coefficient (Wildman–Crippen LogP) is 1.86. The van der Waals surface area contributed by atoms with Crippen LogP contribution in [0.4, 0.5) is 0 Å². The number of aromatic nitrogens is 2. The summed E-state index contributed by atoms with van der Waals surface area (Å²) < 4.78 is 2.11. The van der Waals surface area contributed by atoms with Crippen LogP contribution >= 0.6 is 0 Å². The smallest absolute Gasteiger partial charge is 0.195 e. The molecule has 20 heavy (non-hydrogen) atoms. The Morgan fingerprint density at radius 3 is 2.45 bits per heavy atom. The SMILES string of the molecule is Cc1ccc2c(c1)nc(CN=C(N(C)C)N(C)C)n2C. The number of hydrogen-bond donors (Lipinski definition) is 0. The third-order valence-electron chi connectivity index (χ3n) is 3.29. The number of aliphatic imine (C=N–C) groups is 1. The molecule has 108 valence electrons. The summed E-state index contributed by atoms with van der Waals surface area (Å²) in [5.74, 6) is 1.92. The number of aryl methyl sites for hydroxylation is 2. The van der Waals surface area contributed by atoms with Crippen molar-refractivity contribution in [1.82, 2.24) is 19.4 Å². The zero-order chi connectivity index (χ0) is 14.9. The average molecular weight is 273 g/mol. The summed E-state index contributed by atoms with van der Waals surface area (Å²) in [6.07, 6.45) is 0. The molecule has 1 aromatic heterocycles. The molecule has 0 aliphatic carbocycles. The first kappa shape index (κ1) is 14.4. The van der Waals surface area contributed by atoms with Gasteiger partial charge in [-0.05, 0) is 24.6 Å². The largest absolute Gasteiger partial charge is 0.349 e. The molecular formula is C15H23N5. The van der Waals surface area contributed by atoms with Gasteiger partial charge in [0.05, 0.1) is 11.0 Å². The zero-order valence-corrected chi connectivity index (χ0v) is 13.2. The van der Waals surface area contributed by atoms with Crippen LogP contribution in [0, 0.1) is 6.92 Å². The van der Waals surface area contributed by atoms with Gasteiger partial charge in [-0.1, -0.05) is 6.07 Å². The Morgan fingerprint density at radius 1 is 1.20 bits per heavy atom. The monoisotopic (exact) mass is 273 g/mol. The quantitative estimate of drug-likeness (QED) is 0.619. The van der Waals surface area contributed by atoms with E-state index >= 15 is 0 Å². The fraction of sp³-hybridized carbons (Fsp3) is 0.467. The van der Waals surface area contributed by atoms with Crippen molar-refractivity contribution >= 4 is 17.0 Å². The van der Waals surface area contributed by atoms with Crippen LogP contribution in [-0.4, -0.2) is 53.5 Å². The molecule has 2 rings (SSSR count). The van der Waals surface area contributed by atoms with E-state index in [0.29, 0.717) is 6.54 Å². The molecule has 0 radical (unpaired) electrons. The molecule has 1 aromatic carbocycles. The van der Waals surface area contributed by atoms with Crippen LogP contribution in [-0.2, 0) is 13.6 Å². The molecule has 0 aliphatic rings. The Balaban J connectivity index is 2.34. The summed E-state index contributed by atoms with van der Waals surface area (Å²) in [6.45, 7) is 2.66. The second-order valence-electron chi connectivity index (χ2n) is 5.48. The number of hydrogen-bond acceptors (Lipinski definition) is 2. The van der Waals surface area contributed by atoms with Gasteiger partial charge in [0.1, 0.15) is 12.4 Å². The minimum Gasteiger partial charge on any atom is -0.349 e. The fourth-order valence-electron chi connectivity index (χ4n) is 2.33. The van der Waals surface area contributed by atoms with Crippen LogP contribution in [0.1, 0.15) is 11.4 Å². The second-order valence-corrected chi connectivity index (χ2v) is 5.48. The maximum Gasteiger partial charge on any atom is 0.195 e. The van der Waals surface area contributed by atoms with Crippen molar-refractivity contribution in [3.05, 3.63) is 29.6 Å². The Labute approximate surface area is 120 Å². The highest BCUT2D eigenvalue weighted by atomic mass is 15.3. The molecule has 1 heterocycles. The Kier molecular flexibility index (Phi) is 3.97. The topological polar surface area (TPSA) is 36.7 Å². The van der Waals surface area contributed by atoms with E-state index < -0.39 is 0 Å². The molecule has 0 amide bonds. The van der Waals surface area contributed by atoms with Crippen molar-refractivity contribution in [3.63, 3.8) is 0 Å². The molecule has 5 nitrogen and oxygen atoms in total. The molecule has 0 aliphatic heterocycles. The van der Waals surface area contributed by atoms with E-state index in [4.69, 9.17) is 0 Å². The number of nitrogens with zero attached hydrogens (tertiary/aromatic N) is 5. The molecule has 0 bridgehead atoms. The molecule has 0 atom stereocenters. The van der Waals surface area contributed by atoms with Crippen molar-refractivity contribution in [2.75, 3.05) is 28.2 Å². The highest BCUT2D eigenvalue weighted by Crippen LogP contribution is 2.17. The first-order valence-electron chi connectivity index (χ1n) is 6.71. The molecule has 0 fully saturated rings. The van der Waals surface area contributed by atoms with Crippen LogP contribution in [0.2, 0.25) is 0 Å². The van der Waals surface area contributed by atoms with Crippen molar-refractivity contribution in [3.8, 4) is 0 Å². The van der Waals surface area contributed by atoms with E-state index in [0.717, 1.165) is 22.8 Å². The standard InChI is InChI=1S/C15H23N5/c1-11-7-8-13-12(9-11)17-14(20(13)6)10-16-15(18(2)3)19(4)5/h7-9H,10H2,1-6H3. The minimum absolute atomic E-state index is 0.579. The van der Waals surface area contributed by atoms with Gasteiger partial charge in [-0.15, -0.1) is 0 Å². The molecule has 5 heteroatoms. The van der Waals surface area contributed by atoms with Crippen LogP contribution in [0.5, 0.6) is 0 Å². The number of guanidine groups is 1. The van der Waals surface area contributed by atoms with E-state index in [-0.39, 0.29) is 0 Å². The summed E-state index contributed by atoms with van der Waals surface area (Å²) in [7, 11) is 10.0. The third kappa shape index (κ3) is 2.76. The third-order valence-corrected chi connectivity index (χ3v) is 3.29. The van der Waals surface area contributed by atoms with E-state index in [9.17, 15) is 0 Å². The van der Waals surface area contributed by atoms with Crippen molar-refractivity contribution in [1.29, 1.82) is 0 Å². The number of imidazole rings is 1. The molecule has 2 aromatic rings. The molecule has 0 saturated carbocycles. The second kappa shape index (κ2) is 5.53. The average Bonchev–Trinajstić information content (AvgIpc) is 2.65. The van der Waals surface area contributed by atoms with Crippen LogP contribution < -0.4 is 0 Å². The molecule has 0 spiro atoms. The summed E-state index contributed by atoms with van der Waals surface area (Å²) in [4.78, 5) is 13.4. The maximum absolute atomic E-state index is 4.68. The van der Waals surface area contributed by atoms with Gasteiger partial charge in [0.15, 0.2) is 5.96 Å². The lowest BCUT2D eigenvalue weighted by molar-refractivity contribution is 0.478. The van der Waals surface area contributed by atoms with Crippen LogP contribution in [0.15, 0.2) is 23.2 Å². The summed E-state index contributed by atoms with van der Waals surface area (Å²) in [6, 6.07) is 6.34. The van der Waals surface area contributed by atoms with Gasteiger partial charge in [-0.3, -0.25) is 0 Å². The normalized spacial score (nSPS) is 10.7. The highest BCUT2D eigenvalue weighted by molar-refractivity contribution is 5.79. The minimum atomic E-state index is 0.579. The lowest BCUT2D eigenvalue weighted by Gasteiger charge is -2.22. The highest BCUT2D eigenvalue weighted by Gasteiger charge is 2.09. The number of fused-ring (bicyclic) bond motifs is 1. The lowest BCUT2D eigenvalue weighted by Crippen LogP contribution is -2.35. The van der Waals surface area contributed by atoms with Crippen LogP contribution in [0.3, 0.4) is 0 Å². The van der Waals surface area contributed by atoms with E-state index in [1.807, 2.05) is 45.0 Å². The Hall–Kier alpha value is -2.04. The van der Waals surface area contributed by atoms with Crippen molar-refractivity contribution in [2.45, 2.75) is 13.5 Å². The Morgan fingerprint density at radius 2 is 1.85 bits per heavy atom. The lowest BCUT2D eigenvalue weighted by atomic mass is 10.2. The van der Waals surface area contributed by atoms with E-state index in [1.54, 1.807) is 0 Å². The molecule has 0 unspecified atom stereocenters. The maximum atomic E-state index is 4.68. The zero-order valence-electron chi connectivity index (χ0n) is 13.2. The van der Waals surface area contributed by atoms with Crippen molar-refractivity contribution < 1.29 is 0 Å². The van der Waals surface area contributed by atoms with Crippen LogP contribution in [0.25, 0.3) is 11.0 Å². The van der Waals surface area contributed by atoms with Crippen molar-refractivity contribution in [2.24, 2.45) is 12.0 Å². The predicted molar refractivity (Wildman–Crippen MR) is 84.0 cm³/mol. The molecule has 0 saturated heterocycles. The van der Waals surface area contributed by atoms with E-state index in [1.165, 1.54) is 5.56 Å². The van der Waals surface area contributed by atoms with Gasteiger partial charge in [0, 0.05) is 35.2 Å². The fourth-order valence-corrected chi connectivity index (χ4v) is 2.33. The number of benzene rings is 1. The summed E-state index contributed by atoms with van der Waals surface area (Å²) in [5, 5.41) is 0. The van der Waals surface area contributed by atoms with Gasteiger partial charge in [0.2, 0.25) is 0 Å². The number of rotatable bonds is 2.